The first-order chi connectivity index (χ1) is 8.37. The van der Waals surface area contributed by atoms with Gasteiger partial charge in [-0.15, -0.1) is 0 Å². The van der Waals surface area contributed by atoms with Crippen molar-refractivity contribution in [1.29, 1.82) is 0 Å². The maximum Gasteiger partial charge on any atom is 0.339 e. The molecular formula is C15H15ClO2. The Labute approximate surface area is 112 Å². The van der Waals surface area contributed by atoms with Gasteiger partial charge in [-0.1, -0.05) is 29.8 Å². The molecule has 0 heterocycles. The van der Waals surface area contributed by atoms with Gasteiger partial charge in [-0.25, -0.2) is 4.79 Å². The van der Waals surface area contributed by atoms with Gasteiger partial charge in [-0.2, -0.15) is 0 Å². The molecule has 94 valence electrons. The zero-order chi connectivity index (χ0) is 13.3. The summed E-state index contributed by atoms with van der Waals surface area (Å²) in [5.41, 5.74) is 1.92. The van der Waals surface area contributed by atoms with Gasteiger partial charge in [0.25, 0.3) is 0 Å². The first-order valence-electron chi connectivity index (χ1n) is 5.78. The molecule has 0 saturated heterocycles. The van der Waals surface area contributed by atoms with Gasteiger partial charge in [-0.05, 0) is 50.1 Å². The standard InChI is InChI=1S/C15H15ClO2/c1-15(2,3)18-14(17)13-8-5-10-4-6-11(16)7-9-12(10)13/h4-9H,1-3H3. The molecule has 0 aromatic rings. The Bertz CT molecular complexity index is 555. The second-order valence-corrected chi connectivity index (χ2v) is 5.61. The van der Waals surface area contributed by atoms with E-state index in [1.54, 1.807) is 12.1 Å². The lowest BCUT2D eigenvalue weighted by molar-refractivity contribution is 0.00709. The van der Waals surface area contributed by atoms with Crippen LogP contribution >= 0.6 is 11.6 Å². The van der Waals surface area contributed by atoms with E-state index < -0.39 is 5.60 Å². The van der Waals surface area contributed by atoms with Crippen LogP contribution in [0, 0.1) is 0 Å². The van der Waals surface area contributed by atoms with Crippen molar-refractivity contribution in [2.45, 2.75) is 26.4 Å². The second kappa shape index (κ2) is 4.62. The van der Waals surface area contributed by atoms with Crippen molar-refractivity contribution in [3.63, 3.8) is 0 Å². The van der Waals surface area contributed by atoms with Gasteiger partial charge in [0.1, 0.15) is 5.60 Å². The molecule has 0 N–H and O–H groups in total. The van der Waals surface area contributed by atoms with Crippen molar-refractivity contribution in [3.05, 3.63) is 47.0 Å². The van der Waals surface area contributed by atoms with Crippen LogP contribution in [0.25, 0.3) is 11.1 Å². The Morgan fingerprint density at radius 2 is 1.67 bits per heavy atom. The molecule has 0 bridgehead atoms. The molecule has 3 heteroatoms. The van der Waals surface area contributed by atoms with Crippen molar-refractivity contribution in [2.75, 3.05) is 0 Å². The Kier molecular flexibility index (Phi) is 3.31. The average molecular weight is 263 g/mol. The summed E-state index contributed by atoms with van der Waals surface area (Å²) in [6.45, 7) is 5.56. The molecule has 0 aliphatic heterocycles. The van der Waals surface area contributed by atoms with E-state index in [9.17, 15) is 4.79 Å². The Morgan fingerprint density at radius 1 is 1.06 bits per heavy atom. The van der Waals surface area contributed by atoms with Crippen molar-refractivity contribution in [3.8, 4) is 11.1 Å². The van der Waals surface area contributed by atoms with Crippen molar-refractivity contribution in [1.82, 2.24) is 0 Å². The lowest BCUT2D eigenvalue weighted by atomic mass is 10.1. The summed E-state index contributed by atoms with van der Waals surface area (Å²) in [5, 5.41) is 0.640. The highest BCUT2D eigenvalue weighted by atomic mass is 35.5. The maximum atomic E-state index is 12.1. The van der Waals surface area contributed by atoms with Crippen LogP contribution in [0.3, 0.4) is 0 Å². The van der Waals surface area contributed by atoms with Gasteiger partial charge in [-0.3, -0.25) is 0 Å². The van der Waals surface area contributed by atoms with E-state index >= 15 is 0 Å². The summed E-state index contributed by atoms with van der Waals surface area (Å²) < 4.78 is 5.38. The van der Waals surface area contributed by atoms with Gasteiger partial charge in [0, 0.05) is 5.02 Å². The summed E-state index contributed by atoms with van der Waals surface area (Å²) in [6.07, 6.45) is 0. The Balaban J connectivity index is 2.40. The smallest absolute Gasteiger partial charge is 0.339 e. The highest BCUT2D eigenvalue weighted by Gasteiger charge is 2.21. The molecule has 0 unspecified atom stereocenters. The molecule has 0 fully saturated rings. The Morgan fingerprint density at radius 3 is 2.33 bits per heavy atom. The average Bonchev–Trinajstić information content (AvgIpc) is 2.56. The SMILES string of the molecule is CC(C)(C)OC(=O)c1ccc2ccc(Cl)ccc1-2. The predicted molar refractivity (Wildman–Crippen MR) is 73.2 cm³/mol. The van der Waals surface area contributed by atoms with Crippen LogP contribution in [-0.4, -0.2) is 11.6 Å². The number of carbonyl (C=O) groups excluding carboxylic acids is 1. The molecule has 0 radical (unpaired) electrons. The van der Waals surface area contributed by atoms with Gasteiger partial charge in [0.05, 0.1) is 5.56 Å². The summed E-state index contributed by atoms with van der Waals surface area (Å²) in [4.78, 5) is 12.1. The normalized spacial score (nSPS) is 11.6. The molecule has 2 nitrogen and oxygen atoms in total. The largest absolute Gasteiger partial charge is 0.456 e. The monoisotopic (exact) mass is 262 g/mol. The van der Waals surface area contributed by atoms with Gasteiger partial charge < -0.3 is 4.74 Å². The minimum Gasteiger partial charge on any atom is -0.456 e. The van der Waals surface area contributed by atoms with E-state index in [0.717, 1.165) is 11.1 Å². The minimum atomic E-state index is -0.491. The number of carbonyl (C=O) groups is 1. The molecular weight excluding hydrogens is 248 g/mol. The van der Waals surface area contributed by atoms with Crippen LogP contribution in [0.4, 0.5) is 0 Å². The molecule has 2 rings (SSSR count). The first-order valence-corrected chi connectivity index (χ1v) is 6.16. The van der Waals surface area contributed by atoms with Gasteiger partial charge in [0.15, 0.2) is 0 Å². The number of ether oxygens (including phenoxy) is 1. The summed E-state index contributed by atoms with van der Waals surface area (Å²) >= 11 is 5.93. The number of hydrogen-bond donors (Lipinski definition) is 0. The zero-order valence-corrected chi connectivity index (χ0v) is 11.4. The van der Waals surface area contributed by atoms with Crippen LogP contribution in [0.1, 0.15) is 31.1 Å². The third kappa shape index (κ3) is 2.82. The predicted octanol–water partition coefficient (Wildman–Crippen LogP) is 4.40. The number of fused-ring (bicyclic) bond motifs is 1. The summed E-state index contributed by atoms with van der Waals surface area (Å²) in [6, 6.07) is 11.0. The quantitative estimate of drug-likeness (QED) is 0.712. The van der Waals surface area contributed by atoms with Crippen LogP contribution in [0.15, 0.2) is 36.4 Å². The van der Waals surface area contributed by atoms with E-state index in [4.69, 9.17) is 16.3 Å². The summed E-state index contributed by atoms with van der Waals surface area (Å²) in [7, 11) is 0. The lowest BCUT2D eigenvalue weighted by Gasteiger charge is -2.19. The first kappa shape index (κ1) is 12.9. The fourth-order valence-corrected chi connectivity index (χ4v) is 1.86. The third-order valence-corrected chi connectivity index (χ3v) is 2.73. The summed E-state index contributed by atoms with van der Waals surface area (Å²) in [5.74, 6) is -0.306. The topological polar surface area (TPSA) is 26.3 Å². The fourth-order valence-electron chi connectivity index (χ4n) is 1.74. The van der Waals surface area contributed by atoms with E-state index in [-0.39, 0.29) is 5.97 Å². The molecule has 0 atom stereocenters. The zero-order valence-electron chi connectivity index (χ0n) is 10.7. The van der Waals surface area contributed by atoms with E-state index in [2.05, 4.69) is 0 Å². The Hall–Kier alpha value is -1.54. The van der Waals surface area contributed by atoms with E-state index in [1.807, 2.05) is 45.0 Å². The van der Waals surface area contributed by atoms with Crippen LogP contribution in [0.5, 0.6) is 0 Å². The number of rotatable bonds is 1. The second-order valence-electron chi connectivity index (χ2n) is 5.17. The maximum absolute atomic E-state index is 12.1. The molecule has 0 saturated carbocycles. The minimum absolute atomic E-state index is 0.306. The van der Waals surface area contributed by atoms with Crippen molar-refractivity contribution >= 4 is 17.6 Å². The molecule has 2 aliphatic carbocycles. The number of halogens is 1. The number of hydrogen-bond acceptors (Lipinski definition) is 2. The lowest BCUT2D eigenvalue weighted by Crippen LogP contribution is -2.23. The third-order valence-electron chi connectivity index (χ3n) is 2.48. The highest BCUT2D eigenvalue weighted by Crippen LogP contribution is 2.29. The van der Waals surface area contributed by atoms with Gasteiger partial charge >= 0.3 is 5.97 Å². The molecule has 18 heavy (non-hydrogen) atoms. The molecule has 0 amide bonds. The number of esters is 1. The molecule has 0 aromatic carbocycles. The van der Waals surface area contributed by atoms with E-state index in [0.29, 0.717) is 10.6 Å². The van der Waals surface area contributed by atoms with Crippen LogP contribution in [-0.2, 0) is 4.74 Å². The van der Waals surface area contributed by atoms with E-state index in [1.165, 1.54) is 0 Å². The van der Waals surface area contributed by atoms with Crippen LogP contribution < -0.4 is 0 Å². The highest BCUT2D eigenvalue weighted by molar-refractivity contribution is 6.30. The molecule has 2 aliphatic rings. The molecule has 0 aromatic heterocycles. The molecule has 0 spiro atoms. The van der Waals surface area contributed by atoms with Crippen molar-refractivity contribution in [2.24, 2.45) is 0 Å². The van der Waals surface area contributed by atoms with Crippen LogP contribution in [0.2, 0.25) is 5.02 Å². The fraction of sp³-hybridized carbons (Fsp3) is 0.267. The van der Waals surface area contributed by atoms with Crippen molar-refractivity contribution < 1.29 is 9.53 Å². The van der Waals surface area contributed by atoms with Gasteiger partial charge in [0.2, 0.25) is 0 Å².